The zero-order valence-corrected chi connectivity index (χ0v) is 11.2. The molecule has 0 aliphatic carbocycles. The molecule has 21 heavy (non-hydrogen) atoms. The average Bonchev–Trinajstić information content (AvgIpc) is 2.86. The van der Waals surface area contributed by atoms with Crippen molar-refractivity contribution >= 4 is 17.8 Å². The van der Waals surface area contributed by atoms with Gasteiger partial charge in [0.05, 0.1) is 12.5 Å². The Kier molecular flexibility index (Phi) is 3.21. The zero-order valence-electron chi connectivity index (χ0n) is 11.2. The van der Waals surface area contributed by atoms with Crippen molar-refractivity contribution in [3.05, 3.63) is 47.7 Å². The minimum Gasteiger partial charge on any atom is -0.477 e. The molecular weight excluding hydrogens is 272 g/mol. The van der Waals surface area contributed by atoms with Crippen LogP contribution in [0.1, 0.15) is 12.0 Å². The van der Waals surface area contributed by atoms with Gasteiger partial charge in [0.1, 0.15) is 11.7 Å². The van der Waals surface area contributed by atoms with Crippen LogP contribution in [-0.2, 0) is 20.8 Å². The van der Waals surface area contributed by atoms with E-state index in [0.29, 0.717) is 6.42 Å². The third kappa shape index (κ3) is 2.29. The van der Waals surface area contributed by atoms with E-state index in [4.69, 9.17) is 5.11 Å². The number of benzene rings is 1. The molecule has 2 aliphatic rings. The monoisotopic (exact) mass is 286 g/mol. The van der Waals surface area contributed by atoms with Crippen LogP contribution in [0, 0.1) is 0 Å². The molecule has 1 fully saturated rings. The van der Waals surface area contributed by atoms with E-state index in [-0.39, 0.29) is 30.0 Å². The molecule has 2 amide bonds. The van der Waals surface area contributed by atoms with Crippen molar-refractivity contribution in [3.63, 3.8) is 0 Å². The van der Waals surface area contributed by atoms with Crippen LogP contribution in [0.4, 0.5) is 0 Å². The number of carboxylic acids is 1. The lowest BCUT2D eigenvalue weighted by molar-refractivity contribution is -0.152. The predicted octanol–water partition coefficient (Wildman–Crippen LogP) is 0.297. The summed E-state index contributed by atoms with van der Waals surface area (Å²) in [5.74, 6) is -1.70. The molecule has 1 saturated heterocycles. The number of amides is 2. The van der Waals surface area contributed by atoms with Crippen LogP contribution < -0.4 is 5.32 Å². The molecule has 1 unspecified atom stereocenters. The van der Waals surface area contributed by atoms with Gasteiger partial charge in [-0.05, 0) is 12.0 Å². The lowest BCUT2D eigenvalue weighted by atomic mass is 9.95. The molecule has 6 heteroatoms. The number of nitrogens with zero attached hydrogens (tertiary/aromatic N) is 1. The Bertz CT molecular complexity index is 638. The maximum absolute atomic E-state index is 12.0. The largest absolute Gasteiger partial charge is 0.477 e. The van der Waals surface area contributed by atoms with Gasteiger partial charge in [0, 0.05) is 0 Å². The highest BCUT2D eigenvalue weighted by Gasteiger charge is 2.53. The van der Waals surface area contributed by atoms with E-state index in [9.17, 15) is 14.4 Å². The number of hydrogen-bond acceptors (Lipinski definition) is 3. The Hall–Kier alpha value is -2.63. The van der Waals surface area contributed by atoms with E-state index >= 15 is 0 Å². The number of fused-ring (bicyclic) bond motifs is 1. The lowest BCUT2D eigenvalue weighted by Crippen LogP contribution is -2.68. The fourth-order valence-electron chi connectivity index (χ4n) is 2.77. The van der Waals surface area contributed by atoms with Crippen LogP contribution in [0.15, 0.2) is 42.1 Å². The molecule has 0 aromatic heterocycles. The number of β-lactam (4-membered cyclic amide) rings is 1. The number of carbonyl (C=O) groups is 3. The molecule has 0 radical (unpaired) electrons. The van der Waals surface area contributed by atoms with Gasteiger partial charge in [0.15, 0.2) is 0 Å². The number of aliphatic carboxylic acids is 1. The molecule has 0 saturated carbocycles. The van der Waals surface area contributed by atoms with E-state index in [0.717, 1.165) is 5.56 Å². The first kappa shape index (κ1) is 13.4. The number of rotatable bonds is 4. The lowest BCUT2D eigenvalue weighted by Gasteiger charge is -2.43. The van der Waals surface area contributed by atoms with E-state index in [1.54, 1.807) is 0 Å². The summed E-state index contributed by atoms with van der Waals surface area (Å²) in [4.78, 5) is 36.1. The fourth-order valence-corrected chi connectivity index (χ4v) is 2.77. The van der Waals surface area contributed by atoms with Crippen molar-refractivity contribution in [1.82, 2.24) is 10.2 Å². The van der Waals surface area contributed by atoms with Gasteiger partial charge in [-0.15, -0.1) is 0 Å². The smallest absolute Gasteiger partial charge is 0.352 e. The van der Waals surface area contributed by atoms with Crippen LogP contribution in [0.2, 0.25) is 0 Å². The number of carbonyl (C=O) groups excluding carboxylic acids is 2. The van der Waals surface area contributed by atoms with E-state index in [2.05, 4.69) is 5.32 Å². The Morgan fingerprint density at radius 3 is 2.67 bits per heavy atom. The topological polar surface area (TPSA) is 86.7 Å². The molecule has 0 bridgehead atoms. The number of nitrogens with one attached hydrogen (secondary N) is 1. The number of hydrogen-bond donors (Lipinski definition) is 2. The van der Waals surface area contributed by atoms with Gasteiger partial charge in [-0.1, -0.05) is 36.4 Å². The highest BCUT2D eigenvalue weighted by molar-refractivity contribution is 6.02. The van der Waals surface area contributed by atoms with Crippen molar-refractivity contribution in [1.29, 1.82) is 0 Å². The first-order valence-electron chi connectivity index (χ1n) is 6.68. The molecule has 3 rings (SSSR count). The first-order chi connectivity index (χ1) is 10.1. The van der Waals surface area contributed by atoms with Gasteiger partial charge in [-0.25, -0.2) is 4.79 Å². The summed E-state index contributed by atoms with van der Waals surface area (Å²) >= 11 is 0. The summed E-state index contributed by atoms with van der Waals surface area (Å²) in [5.41, 5.74) is 0.882. The van der Waals surface area contributed by atoms with Crippen molar-refractivity contribution in [2.24, 2.45) is 0 Å². The first-order valence-corrected chi connectivity index (χ1v) is 6.68. The molecule has 1 aromatic rings. The van der Waals surface area contributed by atoms with Crippen LogP contribution >= 0.6 is 0 Å². The van der Waals surface area contributed by atoms with Gasteiger partial charge in [0.25, 0.3) is 5.91 Å². The minimum absolute atomic E-state index is 0.0126. The predicted molar refractivity (Wildman–Crippen MR) is 73.0 cm³/mol. The third-order valence-electron chi connectivity index (χ3n) is 3.78. The highest BCUT2D eigenvalue weighted by Crippen LogP contribution is 2.34. The van der Waals surface area contributed by atoms with Crippen molar-refractivity contribution in [2.75, 3.05) is 0 Å². The Labute approximate surface area is 121 Å². The summed E-state index contributed by atoms with van der Waals surface area (Å²) in [7, 11) is 0. The molecule has 2 atom stereocenters. The average molecular weight is 286 g/mol. The van der Waals surface area contributed by atoms with Crippen molar-refractivity contribution in [2.45, 2.75) is 24.9 Å². The second kappa shape index (κ2) is 5.05. The van der Waals surface area contributed by atoms with Crippen LogP contribution in [-0.4, -0.2) is 39.9 Å². The Morgan fingerprint density at radius 2 is 2.00 bits per heavy atom. The summed E-state index contributed by atoms with van der Waals surface area (Å²) in [6.07, 6.45) is 2.19. The van der Waals surface area contributed by atoms with Crippen LogP contribution in [0.5, 0.6) is 0 Å². The summed E-state index contributed by atoms with van der Waals surface area (Å²) in [5, 5.41) is 11.7. The van der Waals surface area contributed by atoms with Crippen LogP contribution in [0.25, 0.3) is 0 Å². The summed E-state index contributed by atoms with van der Waals surface area (Å²) in [6.45, 7) is 0. The summed E-state index contributed by atoms with van der Waals surface area (Å²) in [6, 6.07) is 8.37. The highest BCUT2D eigenvalue weighted by atomic mass is 16.4. The van der Waals surface area contributed by atoms with E-state index in [1.807, 2.05) is 30.3 Å². The van der Waals surface area contributed by atoms with Gasteiger partial charge in [-0.2, -0.15) is 0 Å². The Balaban J connectivity index is 1.60. The number of carboxylic acid groups (broad SMARTS) is 1. The zero-order chi connectivity index (χ0) is 15.0. The molecule has 2 aliphatic heterocycles. The molecule has 1 aromatic carbocycles. The summed E-state index contributed by atoms with van der Waals surface area (Å²) < 4.78 is 0. The molecule has 6 nitrogen and oxygen atoms in total. The molecular formula is C15H14N2O4. The van der Waals surface area contributed by atoms with Crippen molar-refractivity contribution < 1.29 is 19.5 Å². The SMILES string of the molecule is O=C(Cc1ccccc1)NC1C(=O)N2C(C(=O)O)=CC[C@@H]12. The van der Waals surface area contributed by atoms with E-state index < -0.39 is 12.0 Å². The molecule has 2 N–H and O–H groups in total. The Morgan fingerprint density at radius 1 is 1.29 bits per heavy atom. The third-order valence-corrected chi connectivity index (χ3v) is 3.78. The molecule has 108 valence electrons. The van der Waals surface area contributed by atoms with Gasteiger partial charge >= 0.3 is 5.97 Å². The van der Waals surface area contributed by atoms with E-state index in [1.165, 1.54) is 11.0 Å². The van der Waals surface area contributed by atoms with Gasteiger partial charge < -0.3 is 10.4 Å². The second-order valence-corrected chi connectivity index (χ2v) is 5.11. The quantitative estimate of drug-likeness (QED) is 0.779. The normalized spacial score (nSPS) is 23.1. The second-order valence-electron chi connectivity index (χ2n) is 5.11. The maximum atomic E-state index is 12.0. The fraction of sp³-hybridized carbons (Fsp3) is 0.267. The van der Waals surface area contributed by atoms with Crippen molar-refractivity contribution in [3.8, 4) is 0 Å². The standard InChI is InChI=1S/C15H14N2O4/c18-12(8-9-4-2-1-3-5-9)16-13-10-6-7-11(15(20)21)17(10)14(13)19/h1-5,7,10,13H,6,8H2,(H,16,18)(H,20,21)/t10-,13?/m0/s1. The maximum Gasteiger partial charge on any atom is 0.352 e. The van der Waals surface area contributed by atoms with Crippen LogP contribution in [0.3, 0.4) is 0 Å². The van der Waals surface area contributed by atoms with Gasteiger partial charge in [0.2, 0.25) is 5.91 Å². The molecule has 2 heterocycles. The van der Waals surface area contributed by atoms with Gasteiger partial charge in [-0.3, -0.25) is 14.5 Å². The molecule has 0 spiro atoms. The minimum atomic E-state index is -1.11.